The third kappa shape index (κ3) is 1.73. The minimum absolute atomic E-state index is 0.301. The number of carbonyl (C=O) groups is 1. The molecule has 0 aliphatic carbocycles. The van der Waals surface area contributed by atoms with Crippen LogP contribution in [0.3, 0.4) is 0 Å². The van der Waals surface area contributed by atoms with Crippen molar-refractivity contribution in [2.75, 3.05) is 0 Å². The Balaban J connectivity index is 2.44. The van der Waals surface area contributed by atoms with Gasteiger partial charge in [0.05, 0.1) is 17.8 Å². The van der Waals surface area contributed by atoms with Crippen LogP contribution < -0.4 is 0 Å². The zero-order chi connectivity index (χ0) is 11.0. The quantitative estimate of drug-likeness (QED) is 0.825. The van der Waals surface area contributed by atoms with E-state index in [0.717, 1.165) is 4.96 Å². The number of hydrogen-bond donors (Lipinski definition) is 2. The molecule has 0 saturated heterocycles. The fourth-order valence-corrected chi connectivity index (χ4v) is 2.34. The largest absolute Gasteiger partial charge is 0.481 e. The van der Waals surface area contributed by atoms with Crippen LogP contribution in [0.5, 0.6) is 0 Å². The Morgan fingerprint density at radius 1 is 1.73 bits per heavy atom. The number of aryl methyl sites for hydroxylation is 1. The summed E-state index contributed by atoms with van der Waals surface area (Å²) in [5, 5.41) is 20.2. The van der Waals surface area contributed by atoms with Gasteiger partial charge in [-0.1, -0.05) is 0 Å². The van der Waals surface area contributed by atoms with E-state index in [1.165, 1.54) is 11.3 Å². The maximum absolute atomic E-state index is 10.5. The van der Waals surface area contributed by atoms with E-state index in [2.05, 4.69) is 4.98 Å². The smallest absolute Gasteiger partial charge is 0.306 e. The van der Waals surface area contributed by atoms with Crippen LogP contribution in [0.4, 0.5) is 0 Å². The molecule has 2 aromatic heterocycles. The van der Waals surface area contributed by atoms with Gasteiger partial charge in [-0.3, -0.25) is 9.20 Å². The van der Waals surface area contributed by atoms with Crippen LogP contribution in [0.2, 0.25) is 0 Å². The Morgan fingerprint density at radius 3 is 3.13 bits per heavy atom. The SMILES string of the molecule is Cc1nc2sccn2c1[C@@H](O)CC(=O)O. The third-order valence-electron chi connectivity index (χ3n) is 2.17. The average Bonchev–Trinajstić information content (AvgIpc) is 2.60. The van der Waals surface area contributed by atoms with Gasteiger partial charge in [-0.2, -0.15) is 0 Å². The number of fused-ring (bicyclic) bond motifs is 1. The van der Waals surface area contributed by atoms with Crippen LogP contribution >= 0.6 is 11.3 Å². The van der Waals surface area contributed by atoms with Crippen molar-refractivity contribution in [3.05, 3.63) is 23.0 Å². The maximum atomic E-state index is 10.5. The fraction of sp³-hybridized carbons (Fsp3) is 0.333. The summed E-state index contributed by atoms with van der Waals surface area (Å²) >= 11 is 1.45. The Hall–Kier alpha value is -1.40. The predicted octanol–water partition coefficient (Wildman–Crippen LogP) is 1.21. The second-order valence-electron chi connectivity index (χ2n) is 3.25. The number of carboxylic acid groups (broad SMARTS) is 1. The highest BCUT2D eigenvalue weighted by molar-refractivity contribution is 7.15. The van der Waals surface area contributed by atoms with Gasteiger partial charge in [-0.15, -0.1) is 11.3 Å². The monoisotopic (exact) mass is 226 g/mol. The zero-order valence-corrected chi connectivity index (χ0v) is 8.86. The first-order valence-corrected chi connectivity index (χ1v) is 5.29. The molecule has 0 aliphatic heterocycles. The van der Waals surface area contributed by atoms with Gasteiger partial charge in [0, 0.05) is 11.6 Å². The third-order valence-corrected chi connectivity index (χ3v) is 2.92. The van der Waals surface area contributed by atoms with Crippen LogP contribution in [0.25, 0.3) is 4.96 Å². The highest BCUT2D eigenvalue weighted by Gasteiger charge is 2.20. The summed E-state index contributed by atoms with van der Waals surface area (Å²) in [7, 11) is 0. The number of imidazole rings is 1. The summed E-state index contributed by atoms with van der Waals surface area (Å²) in [6, 6.07) is 0. The molecule has 0 fully saturated rings. The molecule has 6 heteroatoms. The minimum Gasteiger partial charge on any atom is -0.481 e. The van der Waals surface area contributed by atoms with Gasteiger partial charge in [0.1, 0.15) is 6.10 Å². The molecular formula is C9H10N2O3S. The lowest BCUT2D eigenvalue weighted by atomic mass is 10.1. The highest BCUT2D eigenvalue weighted by Crippen LogP contribution is 2.24. The van der Waals surface area contributed by atoms with Gasteiger partial charge in [0.2, 0.25) is 0 Å². The first-order valence-electron chi connectivity index (χ1n) is 4.41. The Morgan fingerprint density at radius 2 is 2.47 bits per heavy atom. The van der Waals surface area contributed by atoms with Crippen molar-refractivity contribution in [1.82, 2.24) is 9.38 Å². The molecule has 2 aromatic rings. The van der Waals surface area contributed by atoms with Crippen molar-refractivity contribution < 1.29 is 15.0 Å². The first-order chi connectivity index (χ1) is 7.09. The number of aromatic nitrogens is 2. The second kappa shape index (κ2) is 3.63. The van der Waals surface area contributed by atoms with Gasteiger partial charge >= 0.3 is 5.97 Å². The van der Waals surface area contributed by atoms with Crippen LogP contribution in [0.1, 0.15) is 23.9 Å². The molecule has 0 bridgehead atoms. The summed E-state index contributed by atoms with van der Waals surface area (Å²) in [4.78, 5) is 15.5. The van der Waals surface area contributed by atoms with Gasteiger partial charge in [-0.25, -0.2) is 4.98 Å². The number of carboxylic acids is 1. The summed E-state index contributed by atoms with van der Waals surface area (Å²) in [5.41, 5.74) is 1.24. The molecular weight excluding hydrogens is 216 g/mol. The van der Waals surface area contributed by atoms with E-state index in [1.807, 2.05) is 5.38 Å². The minimum atomic E-state index is -1.02. The Kier molecular flexibility index (Phi) is 2.45. The molecule has 0 aromatic carbocycles. The van der Waals surface area contributed by atoms with Crippen LogP contribution in [-0.2, 0) is 4.79 Å². The van der Waals surface area contributed by atoms with E-state index in [9.17, 15) is 9.90 Å². The lowest BCUT2D eigenvalue weighted by Gasteiger charge is -2.07. The molecule has 1 atom stereocenters. The van der Waals surface area contributed by atoms with E-state index in [1.54, 1.807) is 17.5 Å². The number of hydrogen-bond acceptors (Lipinski definition) is 4. The number of aliphatic carboxylic acids is 1. The van der Waals surface area contributed by atoms with Gasteiger partial charge in [0.25, 0.3) is 0 Å². The molecule has 0 unspecified atom stereocenters. The Bertz CT molecular complexity index is 502. The van der Waals surface area contributed by atoms with Crippen LogP contribution in [0, 0.1) is 6.92 Å². The van der Waals surface area contributed by atoms with Crippen molar-refractivity contribution in [2.45, 2.75) is 19.4 Å². The predicted molar refractivity (Wildman–Crippen MR) is 55.0 cm³/mol. The number of aliphatic hydroxyl groups is 1. The molecule has 15 heavy (non-hydrogen) atoms. The normalized spacial score (nSPS) is 13.2. The van der Waals surface area contributed by atoms with E-state index in [0.29, 0.717) is 11.4 Å². The standard InChI is InChI=1S/C9H10N2O3S/c1-5-8(6(12)4-7(13)14)11-2-3-15-9(11)10-5/h2-3,6,12H,4H2,1H3,(H,13,14)/t6-/m0/s1. The zero-order valence-electron chi connectivity index (χ0n) is 8.04. The first kappa shape index (κ1) is 10.1. The number of nitrogens with zero attached hydrogens (tertiary/aromatic N) is 2. The molecule has 5 nitrogen and oxygen atoms in total. The van der Waals surface area contributed by atoms with E-state index in [4.69, 9.17) is 5.11 Å². The summed E-state index contributed by atoms with van der Waals surface area (Å²) in [6.45, 7) is 1.76. The average molecular weight is 226 g/mol. The van der Waals surface area contributed by atoms with E-state index in [-0.39, 0.29) is 6.42 Å². The van der Waals surface area contributed by atoms with Gasteiger partial charge in [-0.05, 0) is 6.92 Å². The molecule has 2 rings (SSSR count). The van der Waals surface area contributed by atoms with E-state index < -0.39 is 12.1 Å². The summed E-state index contributed by atoms with van der Waals surface area (Å²) < 4.78 is 1.73. The van der Waals surface area contributed by atoms with Crippen molar-refractivity contribution in [1.29, 1.82) is 0 Å². The molecule has 2 N–H and O–H groups in total. The van der Waals surface area contributed by atoms with Crippen molar-refractivity contribution >= 4 is 22.3 Å². The van der Waals surface area contributed by atoms with Crippen molar-refractivity contribution in [2.24, 2.45) is 0 Å². The summed E-state index contributed by atoms with van der Waals surface area (Å²) in [6.07, 6.45) is 0.470. The molecule has 80 valence electrons. The van der Waals surface area contributed by atoms with Crippen LogP contribution in [-0.4, -0.2) is 25.6 Å². The molecule has 0 amide bonds. The van der Waals surface area contributed by atoms with Crippen molar-refractivity contribution in [3.8, 4) is 0 Å². The summed E-state index contributed by atoms with van der Waals surface area (Å²) in [5.74, 6) is -1.02. The molecule has 0 radical (unpaired) electrons. The Labute approximate surface area is 89.6 Å². The number of rotatable bonds is 3. The highest BCUT2D eigenvalue weighted by atomic mass is 32.1. The molecule has 0 saturated carbocycles. The number of aliphatic hydroxyl groups excluding tert-OH is 1. The molecule has 2 heterocycles. The van der Waals surface area contributed by atoms with Crippen LogP contribution in [0.15, 0.2) is 11.6 Å². The topological polar surface area (TPSA) is 74.8 Å². The van der Waals surface area contributed by atoms with E-state index >= 15 is 0 Å². The fourth-order valence-electron chi connectivity index (χ4n) is 1.58. The maximum Gasteiger partial charge on any atom is 0.306 e. The molecule has 0 spiro atoms. The molecule has 0 aliphatic rings. The lowest BCUT2D eigenvalue weighted by Crippen LogP contribution is -2.08. The second-order valence-corrected chi connectivity index (χ2v) is 4.12. The lowest BCUT2D eigenvalue weighted by molar-refractivity contribution is -0.139. The van der Waals surface area contributed by atoms with Gasteiger partial charge in [0.15, 0.2) is 4.96 Å². The van der Waals surface area contributed by atoms with Crippen molar-refractivity contribution in [3.63, 3.8) is 0 Å². The van der Waals surface area contributed by atoms with Gasteiger partial charge < -0.3 is 10.2 Å². The number of thiazole rings is 1.